The van der Waals surface area contributed by atoms with Gasteiger partial charge in [-0.1, -0.05) is 196 Å². The maximum absolute atomic E-state index is 7.43. The van der Waals surface area contributed by atoms with Crippen molar-refractivity contribution >= 4 is 54.3 Å². The minimum Gasteiger partial charge on any atom is -0.455 e. The van der Waals surface area contributed by atoms with Gasteiger partial charge in [0.1, 0.15) is 11.2 Å². The highest BCUT2D eigenvalue weighted by atomic mass is 16.3. The Bertz CT molecular complexity index is 3460. The lowest BCUT2D eigenvalue weighted by molar-refractivity contribution is 0.659. The highest BCUT2D eigenvalue weighted by Crippen LogP contribution is 2.52. The molecule has 0 radical (unpaired) electrons. The number of hydrogen-bond acceptors (Lipinski definition) is 1. The molecule has 1 unspecified atom stereocenters. The molecule has 11 aromatic rings. The van der Waals surface area contributed by atoms with Crippen molar-refractivity contribution in [2.75, 3.05) is 0 Å². The topological polar surface area (TPSA) is 13.1 Å². The summed E-state index contributed by atoms with van der Waals surface area (Å²) in [6.45, 7) is 4.72. The molecule has 1 heterocycles. The third-order valence-electron chi connectivity index (χ3n) is 13.2. The number of para-hydroxylation sites is 1. The molecule has 0 saturated carbocycles. The molecule has 278 valence electrons. The molecule has 0 saturated heterocycles. The lowest BCUT2D eigenvalue weighted by Gasteiger charge is -2.22. The van der Waals surface area contributed by atoms with Crippen molar-refractivity contribution in [1.82, 2.24) is 0 Å². The molecule has 1 aliphatic rings. The van der Waals surface area contributed by atoms with Gasteiger partial charge in [-0.15, -0.1) is 0 Å². The van der Waals surface area contributed by atoms with E-state index in [0.717, 1.165) is 33.1 Å². The predicted octanol–water partition coefficient (Wildman–Crippen LogP) is 15.9. The van der Waals surface area contributed by atoms with Gasteiger partial charge >= 0.3 is 0 Å². The summed E-state index contributed by atoms with van der Waals surface area (Å²) in [6, 6.07) is 73.8. The Morgan fingerprint density at radius 3 is 1.80 bits per heavy atom. The Kier molecular flexibility index (Phi) is 7.40. The Labute approximate surface area is 343 Å². The number of benzene rings is 10. The van der Waals surface area contributed by atoms with Crippen molar-refractivity contribution in [3.8, 4) is 33.4 Å². The van der Waals surface area contributed by atoms with E-state index in [4.69, 9.17) is 4.42 Å². The summed E-state index contributed by atoms with van der Waals surface area (Å²) < 4.78 is 7.43. The molecule has 59 heavy (non-hydrogen) atoms. The average Bonchev–Trinajstić information content (AvgIpc) is 3.77. The third-order valence-corrected chi connectivity index (χ3v) is 13.2. The van der Waals surface area contributed by atoms with Crippen LogP contribution in [0.1, 0.15) is 47.6 Å². The summed E-state index contributed by atoms with van der Waals surface area (Å²) in [4.78, 5) is 0. The third kappa shape index (κ3) is 5.11. The van der Waals surface area contributed by atoms with Gasteiger partial charge in [0.25, 0.3) is 0 Å². The zero-order valence-corrected chi connectivity index (χ0v) is 33.0. The fraction of sp³-hybridized carbons (Fsp3) is 0.0690. The standard InChI is InChI=1S/C58H40O/c1-58(2)52-26-13-12-23-46(52)47-32-31-41(35-53(47)58)55-43-20-9-7-18-40(43)34-51-48-24-14-25-49(56(48)59-57(51)55)54(38-29-27-37(28-30-38)36-15-4-3-5-16-36)50-33-39-17-6-8-19-42(39)44-21-10-11-22-45(44)50/h3-35,54H,1-2H3. The smallest absolute Gasteiger partial charge is 0.143 e. The largest absolute Gasteiger partial charge is 0.455 e. The van der Waals surface area contributed by atoms with Crippen LogP contribution < -0.4 is 0 Å². The molecule has 0 amide bonds. The van der Waals surface area contributed by atoms with E-state index >= 15 is 0 Å². The van der Waals surface area contributed by atoms with E-state index in [0.29, 0.717) is 0 Å². The molecule has 0 fully saturated rings. The number of hydrogen-bond donors (Lipinski definition) is 0. The fourth-order valence-electron chi connectivity index (χ4n) is 10.3. The van der Waals surface area contributed by atoms with Gasteiger partial charge in [-0.3, -0.25) is 0 Å². The fourth-order valence-corrected chi connectivity index (χ4v) is 10.3. The zero-order valence-electron chi connectivity index (χ0n) is 33.0. The summed E-state index contributed by atoms with van der Waals surface area (Å²) in [6.07, 6.45) is 0. The molecule has 1 heteroatoms. The molecule has 0 aliphatic heterocycles. The molecule has 0 N–H and O–H groups in total. The Morgan fingerprint density at radius 1 is 0.373 bits per heavy atom. The summed E-state index contributed by atoms with van der Waals surface area (Å²) in [5, 5.41) is 9.70. The molecule has 1 nitrogen and oxygen atoms in total. The second-order valence-corrected chi connectivity index (χ2v) is 16.8. The SMILES string of the molecule is CC1(C)c2ccccc2-c2ccc(-c3c4ccccc4cc4c3oc3c(C(c5ccc(-c6ccccc6)cc5)c5cc6ccccc6c6ccccc56)cccc34)cc21. The van der Waals surface area contributed by atoms with Gasteiger partial charge in [0.2, 0.25) is 0 Å². The van der Waals surface area contributed by atoms with E-state index in [2.05, 4.69) is 214 Å². The molecule has 1 aromatic heterocycles. The number of rotatable bonds is 5. The van der Waals surface area contributed by atoms with Gasteiger partial charge in [0.05, 0.1) is 0 Å². The molecule has 0 bridgehead atoms. The van der Waals surface area contributed by atoms with Crippen molar-refractivity contribution in [2.24, 2.45) is 0 Å². The molecule has 0 spiro atoms. The van der Waals surface area contributed by atoms with Crippen molar-refractivity contribution in [1.29, 1.82) is 0 Å². The summed E-state index contributed by atoms with van der Waals surface area (Å²) in [5.41, 5.74) is 15.5. The first kappa shape index (κ1) is 33.9. The predicted molar refractivity (Wildman–Crippen MR) is 249 cm³/mol. The summed E-state index contributed by atoms with van der Waals surface area (Å²) >= 11 is 0. The molecular weight excluding hydrogens is 713 g/mol. The van der Waals surface area contributed by atoms with Gasteiger partial charge < -0.3 is 4.42 Å². The Hall–Kier alpha value is -7.22. The number of fused-ring (bicyclic) bond motifs is 10. The van der Waals surface area contributed by atoms with Crippen LogP contribution in [0.3, 0.4) is 0 Å². The van der Waals surface area contributed by atoms with Gasteiger partial charge in [0.15, 0.2) is 0 Å². The van der Waals surface area contributed by atoms with Crippen molar-refractivity contribution in [3.05, 3.63) is 228 Å². The highest BCUT2D eigenvalue weighted by Gasteiger charge is 2.36. The zero-order chi connectivity index (χ0) is 39.2. The van der Waals surface area contributed by atoms with E-state index in [1.165, 1.54) is 82.4 Å². The van der Waals surface area contributed by atoms with Crippen LogP contribution >= 0.6 is 0 Å². The van der Waals surface area contributed by atoms with Crippen LogP contribution in [0.4, 0.5) is 0 Å². The first-order valence-corrected chi connectivity index (χ1v) is 20.7. The molecule has 1 aliphatic carbocycles. The van der Waals surface area contributed by atoms with E-state index in [1.807, 2.05) is 0 Å². The minimum absolute atomic E-state index is 0.101. The van der Waals surface area contributed by atoms with Gasteiger partial charge in [-0.2, -0.15) is 0 Å². The lowest BCUT2D eigenvalue weighted by Crippen LogP contribution is -2.14. The van der Waals surface area contributed by atoms with Gasteiger partial charge in [-0.05, 0) is 101 Å². The first-order chi connectivity index (χ1) is 29.0. The Morgan fingerprint density at radius 2 is 0.983 bits per heavy atom. The van der Waals surface area contributed by atoms with Crippen molar-refractivity contribution < 1.29 is 4.42 Å². The lowest BCUT2D eigenvalue weighted by atomic mass is 9.80. The van der Waals surface area contributed by atoms with Crippen LogP contribution in [0, 0.1) is 0 Å². The van der Waals surface area contributed by atoms with Crippen LogP contribution in [-0.4, -0.2) is 0 Å². The molecule has 12 rings (SSSR count). The highest BCUT2D eigenvalue weighted by molar-refractivity contribution is 6.19. The van der Waals surface area contributed by atoms with Crippen molar-refractivity contribution in [2.45, 2.75) is 25.2 Å². The van der Waals surface area contributed by atoms with Crippen molar-refractivity contribution in [3.63, 3.8) is 0 Å². The minimum atomic E-state index is -0.113. The summed E-state index contributed by atoms with van der Waals surface area (Å²) in [5.74, 6) is -0.101. The van der Waals surface area contributed by atoms with Crippen LogP contribution in [0.15, 0.2) is 205 Å². The maximum Gasteiger partial charge on any atom is 0.143 e. The normalized spacial score (nSPS) is 13.7. The van der Waals surface area contributed by atoms with E-state index in [-0.39, 0.29) is 11.3 Å². The van der Waals surface area contributed by atoms with Gasteiger partial charge in [-0.25, -0.2) is 0 Å². The molecule has 1 atom stereocenters. The second-order valence-electron chi connectivity index (χ2n) is 16.8. The second kappa shape index (κ2) is 12.9. The number of furan rings is 1. The van der Waals surface area contributed by atoms with Gasteiger partial charge in [0, 0.05) is 33.2 Å². The van der Waals surface area contributed by atoms with E-state index in [1.54, 1.807) is 0 Å². The van der Waals surface area contributed by atoms with Crippen LogP contribution in [-0.2, 0) is 5.41 Å². The van der Waals surface area contributed by atoms with E-state index < -0.39 is 0 Å². The first-order valence-electron chi connectivity index (χ1n) is 20.7. The van der Waals surface area contributed by atoms with E-state index in [9.17, 15) is 0 Å². The molecular formula is C58H40O. The van der Waals surface area contributed by atoms with Crippen LogP contribution in [0.2, 0.25) is 0 Å². The molecule has 10 aromatic carbocycles. The summed E-state index contributed by atoms with van der Waals surface area (Å²) in [7, 11) is 0. The average molecular weight is 753 g/mol. The quantitative estimate of drug-likeness (QED) is 0.126. The van der Waals surface area contributed by atoms with Crippen LogP contribution in [0.25, 0.3) is 87.6 Å². The van der Waals surface area contributed by atoms with Crippen LogP contribution in [0.5, 0.6) is 0 Å². The maximum atomic E-state index is 7.43. The monoisotopic (exact) mass is 752 g/mol. The Balaban J connectivity index is 1.13.